The highest BCUT2D eigenvalue weighted by atomic mass is 35.5. The quantitative estimate of drug-likeness (QED) is 0.874. The van der Waals surface area contributed by atoms with Gasteiger partial charge >= 0.3 is 0 Å². The first kappa shape index (κ1) is 13.5. The predicted octanol–water partition coefficient (Wildman–Crippen LogP) is 2.47. The lowest BCUT2D eigenvalue weighted by atomic mass is 9.95. The number of hydrogen-bond donors (Lipinski definition) is 1. The number of anilines is 1. The molecule has 0 unspecified atom stereocenters. The molecule has 6 heteroatoms. The molecule has 2 aromatic rings. The molecule has 1 N–H and O–H groups in total. The van der Waals surface area contributed by atoms with E-state index in [2.05, 4.69) is 15.4 Å². The summed E-state index contributed by atoms with van der Waals surface area (Å²) in [5.41, 5.74) is 0.0291. The summed E-state index contributed by atoms with van der Waals surface area (Å²) < 4.78 is 1.65. The molecular formula is C13H15ClN4O. The van der Waals surface area contributed by atoms with E-state index >= 15 is 0 Å². The zero-order valence-electron chi connectivity index (χ0n) is 10.8. The number of nitrogens with one attached hydrogen (secondary N) is 1. The van der Waals surface area contributed by atoms with E-state index in [0.29, 0.717) is 11.5 Å². The van der Waals surface area contributed by atoms with E-state index in [1.54, 1.807) is 49.3 Å². The van der Waals surface area contributed by atoms with E-state index in [4.69, 9.17) is 11.6 Å². The largest absolute Gasteiger partial charge is 0.324 e. The summed E-state index contributed by atoms with van der Waals surface area (Å²) in [5, 5.41) is 6.87. The third-order valence-electron chi connectivity index (χ3n) is 2.69. The van der Waals surface area contributed by atoms with Crippen LogP contribution in [-0.2, 0) is 4.79 Å². The van der Waals surface area contributed by atoms with Crippen LogP contribution >= 0.6 is 11.6 Å². The maximum Gasteiger partial charge on any atom is 0.231 e. The lowest BCUT2D eigenvalue weighted by Crippen LogP contribution is -2.32. The van der Waals surface area contributed by atoms with Gasteiger partial charge in [0, 0.05) is 18.3 Å². The van der Waals surface area contributed by atoms with E-state index in [9.17, 15) is 4.79 Å². The Labute approximate surface area is 116 Å². The number of hydrogen-bond acceptors (Lipinski definition) is 3. The molecule has 2 rings (SSSR count). The van der Waals surface area contributed by atoms with E-state index in [1.807, 2.05) is 6.07 Å². The highest BCUT2D eigenvalue weighted by Crippen LogP contribution is 2.20. The van der Waals surface area contributed by atoms with Gasteiger partial charge in [-0.05, 0) is 32.0 Å². The molecule has 0 bridgehead atoms. The van der Waals surface area contributed by atoms with Crippen LogP contribution in [0.3, 0.4) is 0 Å². The number of halogens is 1. The molecule has 0 spiro atoms. The molecule has 0 aliphatic heterocycles. The van der Waals surface area contributed by atoms with Gasteiger partial charge in [-0.25, -0.2) is 9.67 Å². The third kappa shape index (κ3) is 3.12. The molecule has 0 aromatic carbocycles. The lowest BCUT2D eigenvalue weighted by Gasteiger charge is -2.20. The topological polar surface area (TPSA) is 59.8 Å². The fraction of sp³-hybridized carbons (Fsp3) is 0.308. The smallest absolute Gasteiger partial charge is 0.231 e. The van der Waals surface area contributed by atoms with Crippen molar-refractivity contribution in [1.29, 1.82) is 0 Å². The van der Waals surface area contributed by atoms with Crippen molar-refractivity contribution in [1.82, 2.24) is 14.8 Å². The molecular weight excluding hydrogens is 264 g/mol. The zero-order chi connectivity index (χ0) is 13.9. The van der Waals surface area contributed by atoms with Crippen molar-refractivity contribution in [3.05, 3.63) is 36.8 Å². The molecule has 2 aromatic heterocycles. The van der Waals surface area contributed by atoms with Gasteiger partial charge in [-0.1, -0.05) is 0 Å². The molecule has 0 fully saturated rings. The monoisotopic (exact) mass is 278 g/mol. The van der Waals surface area contributed by atoms with Crippen molar-refractivity contribution in [2.24, 2.45) is 5.41 Å². The van der Waals surface area contributed by atoms with Crippen LogP contribution in [-0.4, -0.2) is 26.6 Å². The number of rotatable bonds is 4. The second-order valence-corrected chi connectivity index (χ2v) is 5.09. The molecule has 0 saturated carbocycles. The summed E-state index contributed by atoms with van der Waals surface area (Å²) in [5.74, 6) is 0.827. The van der Waals surface area contributed by atoms with Crippen molar-refractivity contribution >= 4 is 23.2 Å². The number of nitrogens with zero attached hydrogens (tertiary/aromatic N) is 3. The van der Waals surface area contributed by atoms with Gasteiger partial charge in [-0.2, -0.15) is 5.10 Å². The van der Waals surface area contributed by atoms with Crippen LogP contribution in [0, 0.1) is 5.41 Å². The van der Waals surface area contributed by atoms with E-state index in [0.717, 1.165) is 0 Å². The Morgan fingerprint density at radius 3 is 2.79 bits per heavy atom. The predicted molar refractivity (Wildman–Crippen MR) is 74.5 cm³/mol. The van der Waals surface area contributed by atoms with Crippen LogP contribution in [0.25, 0.3) is 5.82 Å². The Bertz CT molecular complexity index is 549. The Hall–Kier alpha value is -1.88. The summed E-state index contributed by atoms with van der Waals surface area (Å²) >= 11 is 5.76. The van der Waals surface area contributed by atoms with Crippen molar-refractivity contribution in [3.8, 4) is 5.82 Å². The summed E-state index contributed by atoms with van der Waals surface area (Å²) in [7, 11) is 0. The van der Waals surface area contributed by atoms with Gasteiger partial charge in [0.1, 0.15) is 0 Å². The minimum Gasteiger partial charge on any atom is -0.324 e. The molecule has 2 heterocycles. The fourth-order valence-corrected chi connectivity index (χ4v) is 1.48. The van der Waals surface area contributed by atoms with Crippen LogP contribution in [0.5, 0.6) is 0 Å². The average Bonchev–Trinajstić information content (AvgIpc) is 2.93. The van der Waals surface area contributed by atoms with E-state index in [1.165, 1.54) is 0 Å². The van der Waals surface area contributed by atoms with Crippen LogP contribution in [0.2, 0.25) is 0 Å². The van der Waals surface area contributed by atoms with Crippen LogP contribution < -0.4 is 5.32 Å². The summed E-state index contributed by atoms with van der Waals surface area (Å²) in [6.07, 6.45) is 5.08. The Balaban J connectivity index is 2.10. The van der Waals surface area contributed by atoms with Gasteiger partial charge in [0.05, 0.1) is 17.3 Å². The highest BCUT2D eigenvalue weighted by molar-refractivity contribution is 6.20. The fourth-order valence-electron chi connectivity index (χ4n) is 1.36. The average molecular weight is 279 g/mol. The standard InChI is InChI=1S/C13H15ClN4O/c1-13(2,9-14)12(19)17-10-4-5-11(15-8-10)18-7-3-6-16-18/h3-8H,9H2,1-2H3,(H,17,19). The molecule has 5 nitrogen and oxygen atoms in total. The molecule has 19 heavy (non-hydrogen) atoms. The number of amides is 1. The molecule has 100 valence electrons. The van der Waals surface area contributed by atoms with Gasteiger partial charge in [0.25, 0.3) is 0 Å². The Morgan fingerprint density at radius 1 is 1.47 bits per heavy atom. The minimum atomic E-state index is -0.609. The van der Waals surface area contributed by atoms with Gasteiger partial charge in [-0.3, -0.25) is 4.79 Å². The number of aromatic nitrogens is 3. The Kier molecular flexibility index (Phi) is 3.85. The molecule has 0 aliphatic rings. The first-order valence-electron chi connectivity index (χ1n) is 5.86. The van der Waals surface area contributed by atoms with Crippen LogP contribution in [0.15, 0.2) is 36.8 Å². The first-order chi connectivity index (χ1) is 9.03. The van der Waals surface area contributed by atoms with Crippen molar-refractivity contribution in [2.75, 3.05) is 11.2 Å². The highest BCUT2D eigenvalue weighted by Gasteiger charge is 2.26. The van der Waals surface area contributed by atoms with Gasteiger partial charge in [-0.15, -0.1) is 11.6 Å². The Morgan fingerprint density at radius 2 is 2.26 bits per heavy atom. The first-order valence-corrected chi connectivity index (χ1v) is 6.40. The van der Waals surface area contributed by atoms with Gasteiger partial charge in [0.2, 0.25) is 5.91 Å². The molecule has 0 aliphatic carbocycles. The summed E-state index contributed by atoms with van der Waals surface area (Å²) in [4.78, 5) is 16.2. The number of alkyl halides is 1. The minimum absolute atomic E-state index is 0.129. The summed E-state index contributed by atoms with van der Waals surface area (Å²) in [6, 6.07) is 5.39. The van der Waals surface area contributed by atoms with Gasteiger partial charge < -0.3 is 5.32 Å². The van der Waals surface area contributed by atoms with E-state index < -0.39 is 5.41 Å². The number of pyridine rings is 1. The molecule has 0 saturated heterocycles. The van der Waals surface area contributed by atoms with Crippen molar-refractivity contribution in [3.63, 3.8) is 0 Å². The van der Waals surface area contributed by atoms with Gasteiger partial charge in [0.15, 0.2) is 5.82 Å². The van der Waals surface area contributed by atoms with Crippen molar-refractivity contribution in [2.45, 2.75) is 13.8 Å². The number of carbonyl (C=O) groups excluding carboxylic acids is 1. The SMILES string of the molecule is CC(C)(CCl)C(=O)Nc1ccc(-n2cccn2)nc1. The summed E-state index contributed by atoms with van der Waals surface area (Å²) in [6.45, 7) is 3.59. The maximum atomic E-state index is 11.9. The zero-order valence-corrected chi connectivity index (χ0v) is 11.6. The maximum absolute atomic E-state index is 11.9. The van der Waals surface area contributed by atoms with Crippen molar-refractivity contribution < 1.29 is 4.79 Å². The molecule has 0 atom stereocenters. The van der Waals surface area contributed by atoms with E-state index in [-0.39, 0.29) is 11.8 Å². The molecule has 1 amide bonds. The second kappa shape index (κ2) is 5.40. The van der Waals surface area contributed by atoms with Crippen LogP contribution in [0.1, 0.15) is 13.8 Å². The third-order valence-corrected chi connectivity index (χ3v) is 3.36. The lowest BCUT2D eigenvalue weighted by molar-refractivity contribution is -0.122. The number of carbonyl (C=O) groups is 1. The molecule has 0 radical (unpaired) electrons. The second-order valence-electron chi connectivity index (χ2n) is 4.83. The van der Waals surface area contributed by atoms with Crippen LogP contribution in [0.4, 0.5) is 5.69 Å². The normalized spacial score (nSPS) is 11.3.